The van der Waals surface area contributed by atoms with Crippen LogP contribution in [-0.2, 0) is 4.57 Å². The van der Waals surface area contributed by atoms with E-state index in [0.717, 1.165) is 0 Å². The standard InChI is InChI=1S/C3H7O4P/c1-2-3(4,5)8(6)7/h2,4-5,8H,1H2,(H,6,7). The summed E-state index contributed by atoms with van der Waals surface area (Å²) < 4.78 is 9.87. The summed E-state index contributed by atoms with van der Waals surface area (Å²) in [6.07, 6.45) is 0.605. The van der Waals surface area contributed by atoms with Gasteiger partial charge in [0.25, 0.3) is 13.6 Å². The van der Waals surface area contributed by atoms with Gasteiger partial charge in [0.05, 0.1) is 0 Å². The van der Waals surface area contributed by atoms with Crippen molar-refractivity contribution in [3.05, 3.63) is 12.7 Å². The molecule has 3 N–H and O–H groups in total. The molecule has 0 aliphatic rings. The van der Waals surface area contributed by atoms with Gasteiger partial charge >= 0.3 is 0 Å². The summed E-state index contributed by atoms with van der Waals surface area (Å²) in [4.78, 5) is 8.06. The maximum Gasteiger partial charge on any atom is 0.259 e. The molecule has 0 heterocycles. The molecule has 0 aromatic rings. The highest BCUT2D eigenvalue weighted by molar-refractivity contribution is 7.39. The average molecular weight is 138 g/mol. The molecule has 1 unspecified atom stereocenters. The van der Waals surface area contributed by atoms with Crippen molar-refractivity contribution in [2.24, 2.45) is 0 Å². The van der Waals surface area contributed by atoms with E-state index in [2.05, 4.69) is 6.58 Å². The molecule has 0 saturated heterocycles. The Hall–Kier alpha value is -0.150. The van der Waals surface area contributed by atoms with Crippen molar-refractivity contribution in [2.45, 2.75) is 5.53 Å². The Morgan fingerprint density at radius 3 is 2.00 bits per heavy atom. The molecule has 0 aliphatic heterocycles. The third-order valence-corrected chi connectivity index (χ3v) is 1.43. The van der Waals surface area contributed by atoms with E-state index in [-0.39, 0.29) is 0 Å². The number of aliphatic hydroxyl groups is 2. The van der Waals surface area contributed by atoms with Crippen molar-refractivity contribution < 1.29 is 19.7 Å². The molecule has 0 rings (SSSR count). The lowest BCUT2D eigenvalue weighted by Gasteiger charge is -2.10. The predicted molar refractivity (Wildman–Crippen MR) is 28.6 cm³/mol. The maximum atomic E-state index is 9.87. The molecule has 0 aliphatic carbocycles. The smallest absolute Gasteiger partial charge is 0.259 e. The van der Waals surface area contributed by atoms with E-state index in [9.17, 15) is 4.57 Å². The topological polar surface area (TPSA) is 77.8 Å². The van der Waals surface area contributed by atoms with Crippen LogP contribution < -0.4 is 0 Å². The lowest BCUT2D eigenvalue weighted by molar-refractivity contribution is -0.0476. The lowest BCUT2D eigenvalue weighted by Crippen LogP contribution is -2.18. The first-order valence-electron chi connectivity index (χ1n) is 1.82. The Morgan fingerprint density at radius 1 is 1.62 bits per heavy atom. The number of hydrogen-bond acceptors (Lipinski definition) is 3. The van der Waals surface area contributed by atoms with Crippen LogP contribution in [0.4, 0.5) is 0 Å². The Balaban J connectivity index is 4.12. The summed E-state index contributed by atoms with van der Waals surface area (Å²) in [5, 5.41) is 16.6. The van der Waals surface area contributed by atoms with Gasteiger partial charge in [0.2, 0.25) is 0 Å². The van der Waals surface area contributed by atoms with Crippen molar-refractivity contribution in [3.63, 3.8) is 0 Å². The van der Waals surface area contributed by atoms with Crippen LogP contribution in [0.25, 0.3) is 0 Å². The minimum atomic E-state index is -3.32. The SMILES string of the molecule is C=CC(O)(O)[PH](=O)O. The van der Waals surface area contributed by atoms with E-state index in [1.807, 2.05) is 0 Å². The molecule has 8 heavy (non-hydrogen) atoms. The van der Waals surface area contributed by atoms with Crippen LogP contribution in [0.2, 0.25) is 0 Å². The molecule has 0 saturated carbocycles. The second-order valence-electron chi connectivity index (χ2n) is 1.24. The molecule has 48 valence electrons. The van der Waals surface area contributed by atoms with E-state index in [1.165, 1.54) is 0 Å². The van der Waals surface area contributed by atoms with Gasteiger partial charge in [-0.3, -0.25) is 4.57 Å². The lowest BCUT2D eigenvalue weighted by atomic mass is 10.6. The van der Waals surface area contributed by atoms with Crippen molar-refractivity contribution in [3.8, 4) is 0 Å². The molecule has 0 aromatic heterocycles. The van der Waals surface area contributed by atoms with Crippen molar-refractivity contribution in [1.29, 1.82) is 0 Å². The summed E-state index contributed by atoms with van der Waals surface area (Å²) in [5.74, 6) is 0. The largest absolute Gasteiger partial charge is 0.355 e. The van der Waals surface area contributed by atoms with Crippen LogP contribution in [0.15, 0.2) is 12.7 Å². The molecule has 0 radical (unpaired) electrons. The molecular formula is C3H7O4P. The van der Waals surface area contributed by atoms with E-state index < -0.39 is 13.6 Å². The number of hydrogen-bond donors (Lipinski definition) is 3. The fourth-order valence-corrected chi connectivity index (χ4v) is 0.262. The fourth-order valence-electron chi connectivity index (χ4n) is 0.0873. The molecule has 5 heteroatoms. The molecule has 0 fully saturated rings. The second-order valence-corrected chi connectivity index (χ2v) is 2.58. The van der Waals surface area contributed by atoms with Crippen LogP contribution in [0, 0.1) is 0 Å². The maximum absolute atomic E-state index is 9.87. The molecule has 4 nitrogen and oxygen atoms in total. The monoisotopic (exact) mass is 138 g/mol. The Bertz CT molecular complexity index is 118. The van der Waals surface area contributed by atoms with E-state index in [0.29, 0.717) is 6.08 Å². The Kier molecular flexibility index (Phi) is 2.37. The fraction of sp³-hybridized carbons (Fsp3) is 0.333. The van der Waals surface area contributed by atoms with Gasteiger partial charge in [-0.1, -0.05) is 6.58 Å². The predicted octanol–water partition coefficient (Wildman–Crippen LogP) is -0.722. The molecule has 1 atom stereocenters. The summed E-state index contributed by atoms with van der Waals surface area (Å²) >= 11 is 0. The van der Waals surface area contributed by atoms with Crippen LogP contribution in [0.3, 0.4) is 0 Å². The zero-order valence-corrected chi connectivity index (χ0v) is 5.03. The van der Waals surface area contributed by atoms with Gasteiger partial charge in [0.1, 0.15) is 0 Å². The normalized spacial score (nSPS) is 15.4. The Labute approximate surface area is 47.0 Å². The highest BCUT2D eigenvalue weighted by atomic mass is 31.1. The summed E-state index contributed by atoms with van der Waals surface area (Å²) in [7, 11) is -3.32. The highest BCUT2D eigenvalue weighted by Crippen LogP contribution is 2.29. The van der Waals surface area contributed by atoms with Gasteiger partial charge in [-0.25, -0.2) is 0 Å². The van der Waals surface area contributed by atoms with Gasteiger partial charge in [-0.15, -0.1) is 0 Å². The first-order chi connectivity index (χ1) is 3.50. The minimum Gasteiger partial charge on any atom is -0.355 e. The third-order valence-electron chi connectivity index (χ3n) is 0.599. The minimum absolute atomic E-state index is 0.605. The van der Waals surface area contributed by atoms with Crippen molar-refractivity contribution >= 4 is 8.03 Å². The van der Waals surface area contributed by atoms with E-state index in [4.69, 9.17) is 15.1 Å². The summed E-state index contributed by atoms with van der Waals surface area (Å²) in [6, 6.07) is 0. The number of rotatable bonds is 2. The van der Waals surface area contributed by atoms with Crippen LogP contribution >= 0.6 is 8.03 Å². The van der Waals surface area contributed by atoms with Gasteiger partial charge in [-0.2, -0.15) is 0 Å². The first kappa shape index (κ1) is 7.85. The van der Waals surface area contributed by atoms with Gasteiger partial charge in [0, 0.05) is 0 Å². The van der Waals surface area contributed by atoms with Crippen molar-refractivity contribution in [2.75, 3.05) is 0 Å². The van der Waals surface area contributed by atoms with Crippen LogP contribution in [0.1, 0.15) is 0 Å². The Morgan fingerprint density at radius 2 is 2.00 bits per heavy atom. The third kappa shape index (κ3) is 1.76. The van der Waals surface area contributed by atoms with Gasteiger partial charge < -0.3 is 15.1 Å². The van der Waals surface area contributed by atoms with Crippen molar-refractivity contribution in [1.82, 2.24) is 0 Å². The zero-order valence-electron chi connectivity index (χ0n) is 4.03. The molecular weight excluding hydrogens is 131 g/mol. The quantitative estimate of drug-likeness (QED) is 0.267. The second kappa shape index (κ2) is 2.42. The molecule has 0 aromatic carbocycles. The molecule has 0 spiro atoms. The van der Waals surface area contributed by atoms with Gasteiger partial charge in [-0.05, 0) is 6.08 Å². The zero-order chi connectivity index (χ0) is 6.78. The van der Waals surface area contributed by atoms with E-state index >= 15 is 0 Å². The van der Waals surface area contributed by atoms with Crippen LogP contribution in [0.5, 0.6) is 0 Å². The summed E-state index contributed by atoms with van der Waals surface area (Å²) in [5.41, 5.74) is -2.59. The first-order valence-corrected chi connectivity index (χ1v) is 3.18. The average Bonchev–Trinajstić information content (AvgIpc) is 1.67. The van der Waals surface area contributed by atoms with E-state index in [1.54, 1.807) is 0 Å². The molecule has 0 amide bonds. The highest BCUT2D eigenvalue weighted by Gasteiger charge is 2.24. The van der Waals surface area contributed by atoms with Crippen LogP contribution in [-0.4, -0.2) is 20.6 Å². The summed E-state index contributed by atoms with van der Waals surface area (Å²) in [6.45, 7) is 2.92. The molecule has 0 bridgehead atoms. The van der Waals surface area contributed by atoms with Gasteiger partial charge in [0.15, 0.2) is 0 Å².